The average Bonchev–Trinajstić information content (AvgIpc) is 3.22. The van der Waals surface area contributed by atoms with Crippen molar-refractivity contribution in [1.29, 1.82) is 0 Å². The molecule has 3 N–H and O–H groups in total. The first-order chi connectivity index (χ1) is 13.2. The van der Waals surface area contributed by atoms with E-state index in [0.29, 0.717) is 21.2 Å². The summed E-state index contributed by atoms with van der Waals surface area (Å²) in [4.78, 5) is 49.0. The van der Waals surface area contributed by atoms with Crippen LogP contribution in [0, 0.1) is 0 Å². The number of anilines is 2. The first-order valence-corrected chi connectivity index (χ1v) is 7.30. The number of hydrogen-bond donors (Lipinski definition) is 2. The zero-order valence-electron chi connectivity index (χ0n) is 17.1. The van der Waals surface area contributed by atoms with Crippen molar-refractivity contribution >= 4 is 68.3 Å². The molecule has 1 amide bonds. The second-order valence-electron chi connectivity index (χ2n) is 3.13. The van der Waals surface area contributed by atoms with Gasteiger partial charge in [-0.05, 0) is 11.6 Å². The summed E-state index contributed by atoms with van der Waals surface area (Å²) in [7, 11) is 0. The lowest BCUT2D eigenvalue weighted by molar-refractivity contribution is -0.114. The summed E-state index contributed by atoms with van der Waals surface area (Å²) in [6, 6.07) is 0. The van der Waals surface area contributed by atoms with E-state index in [1.807, 2.05) is 0 Å². The van der Waals surface area contributed by atoms with Crippen molar-refractivity contribution in [2.45, 2.75) is 13.7 Å². The highest BCUT2D eigenvalue weighted by atomic mass is 35.5. The smallest absolute Gasteiger partial charge is 0.223 e. The van der Waals surface area contributed by atoms with Crippen LogP contribution in [-0.2, 0) is 9.59 Å². The van der Waals surface area contributed by atoms with E-state index in [1.165, 1.54) is 23.7 Å². The lowest BCUT2D eigenvalue weighted by Crippen LogP contribution is -2.04. The van der Waals surface area contributed by atoms with Crippen molar-refractivity contribution in [1.82, 2.24) is 9.97 Å². The van der Waals surface area contributed by atoms with E-state index in [1.54, 1.807) is 0 Å². The minimum Gasteiger partial charge on any atom is -0.375 e. The molecule has 2 rings (SSSR count). The summed E-state index contributed by atoms with van der Waals surface area (Å²) in [5.41, 5.74) is 5.20. The maximum absolute atomic E-state index is 10.9. The van der Waals surface area contributed by atoms with Gasteiger partial charge in [-0.25, -0.2) is 9.97 Å². The molecule has 0 atom stereocenters. The Hall–Kier alpha value is -2.17. The minimum absolute atomic E-state index is 0.105. The minimum atomic E-state index is -2.70. The molecule has 2 aromatic rings. The second kappa shape index (κ2) is 11.4. The summed E-state index contributed by atoms with van der Waals surface area (Å²) in [6.07, 6.45) is 4.01. The number of aromatic nitrogens is 2. The van der Waals surface area contributed by atoms with Gasteiger partial charge in [0.1, 0.15) is 0 Å². The maximum Gasteiger partial charge on any atom is 0.223 e. The van der Waals surface area contributed by atoms with Crippen molar-refractivity contribution < 1.29 is 27.4 Å². The van der Waals surface area contributed by atoms with Gasteiger partial charge in [0, 0.05) is 21.9 Å². The predicted molar refractivity (Wildman–Crippen MR) is 90.3 cm³/mol. The van der Waals surface area contributed by atoms with E-state index in [-0.39, 0.29) is 5.13 Å². The number of nitrogens with one attached hydrogen (secondary N) is 1. The first kappa shape index (κ1) is 12.3. The van der Waals surface area contributed by atoms with Crippen molar-refractivity contribution in [3.8, 4) is 0 Å². The van der Waals surface area contributed by atoms with E-state index in [0.717, 1.165) is 17.6 Å². The monoisotopic (exact) mass is 382 g/mol. The molecule has 0 radical (unpaired) electrons. The summed E-state index contributed by atoms with van der Waals surface area (Å²) >= 11 is 6.66. The number of hydrogen-bond acceptors (Lipinski definition) is 9. The molecular formula is C12H13ClN4O4S2. The number of carbonyl (C=O) groups is 4. The molecule has 23 heavy (non-hydrogen) atoms. The quantitative estimate of drug-likeness (QED) is 0.614. The van der Waals surface area contributed by atoms with Crippen LogP contribution in [0.5, 0.6) is 0 Å². The highest BCUT2D eigenvalue weighted by molar-refractivity contribution is 7.17. The second-order valence-corrected chi connectivity index (χ2v) is 5.63. The van der Waals surface area contributed by atoms with Crippen LogP contribution in [0.25, 0.3) is 0 Å². The summed E-state index contributed by atoms with van der Waals surface area (Å²) in [5, 5.41) is 1.34. The topological polar surface area (TPSA) is 132 Å². The van der Waals surface area contributed by atoms with Gasteiger partial charge in [0.05, 0.1) is 22.1 Å². The Morgan fingerprint density at radius 3 is 2.13 bits per heavy atom. The molecule has 8 nitrogen and oxygen atoms in total. The molecule has 0 aliphatic carbocycles. The zero-order valence-corrected chi connectivity index (χ0v) is 13.5. The molecule has 0 saturated heterocycles. The maximum atomic E-state index is 10.9. The molecule has 124 valence electrons. The van der Waals surface area contributed by atoms with Crippen LogP contribution in [0.4, 0.5) is 10.3 Å². The van der Waals surface area contributed by atoms with Gasteiger partial charge in [-0.1, -0.05) is 22.7 Å². The molecule has 0 fully saturated rings. The molecule has 0 bridgehead atoms. The Morgan fingerprint density at radius 2 is 1.78 bits per heavy atom. The number of nitrogens with zero attached hydrogens (tertiary/aromatic N) is 2. The zero-order chi connectivity index (χ0) is 22.8. The standard InChI is InChI=1S/C6H6N2O2S.C4H4N2OS.C2H3ClO/c1-4(10)8-6-7-2-5(3-9)11-6;5-4-6-1-3(2-7)8-4;1-2(3)4/h2-3H,1H3,(H,7,8,10);1-2H,(H2,5,6);1H3/i1D3;;1D3. The number of amides is 1. The predicted octanol–water partition coefficient (Wildman–Crippen LogP) is 2.22. The van der Waals surface area contributed by atoms with Gasteiger partial charge in [-0.2, -0.15) is 0 Å². The molecule has 0 spiro atoms. The number of thiazole rings is 2. The van der Waals surface area contributed by atoms with Crippen molar-refractivity contribution in [3.63, 3.8) is 0 Å². The fourth-order valence-electron chi connectivity index (χ4n) is 0.851. The largest absolute Gasteiger partial charge is 0.375 e. The lowest BCUT2D eigenvalue weighted by Gasteiger charge is -1.91. The van der Waals surface area contributed by atoms with Gasteiger partial charge in [-0.15, -0.1) is 0 Å². The molecule has 0 unspecified atom stereocenters. The van der Waals surface area contributed by atoms with Crippen molar-refractivity contribution in [2.75, 3.05) is 11.1 Å². The van der Waals surface area contributed by atoms with E-state index >= 15 is 0 Å². The van der Waals surface area contributed by atoms with Gasteiger partial charge in [-0.3, -0.25) is 19.2 Å². The molecular weight excluding hydrogens is 364 g/mol. The Kier molecular flexibility index (Phi) is 6.09. The van der Waals surface area contributed by atoms with Crippen LogP contribution in [0.2, 0.25) is 0 Å². The highest BCUT2D eigenvalue weighted by Gasteiger charge is 2.00. The number of carbonyl (C=O) groups excluding carboxylic acids is 4. The van der Waals surface area contributed by atoms with Crippen LogP contribution in [-0.4, -0.2) is 33.7 Å². The van der Waals surface area contributed by atoms with E-state index in [4.69, 9.17) is 14.0 Å². The molecule has 0 aliphatic rings. The molecule has 0 aliphatic heterocycles. The van der Waals surface area contributed by atoms with Crippen molar-refractivity contribution in [3.05, 3.63) is 22.1 Å². The molecule has 0 aromatic carbocycles. The van der Waals surface area contributed by atoms with Crippen LogP contribution in [0.1, 0.15) is 41.3 Å². The van der Waals surface area contributed by atoms with E-state index in [9.17, 15) is 19.2 Å². The third-order valence-electron chi connectivity index (χ3n) is 1.52. The lowest BCUT2D eigenvalue weighted by atomic mass is 10.6. The van der Waals surface area contributed by atoms with Crippen LogP contribution in [0.3, 0.4) is 0 Å². The first-order valence-electron chi connectivity index (χ1n) is 8.29. The average molecular weight is 383 g/mol. The van der Waals surface area contributed by atoms with E-state index in [2.05, 4.69) is 26.9 Å². The van der Waals surface area contributed by atoms with Gasteiger partial charge in [0.25, 0.3) is 0 Å². The van der Waals surface area contributed by atoms with Gasteiger partial charge in [0.15, 0.2) is 22.8 Å². The number of rotatable bonds is 3. The number of nitrogen functional groups attached to an aromatic ring is 1. The fourth-order valence-corrected chi connectivity index (χ4v) is 1.98. The van der Waals surface area contributed by atoms with Gasteiger partial charge < -0.3 is 11.1 Å². The third kappa shape index (κ3) is 11.1. The number of halogens is 1. The van der Waals surface area contributed by atoms with E-state index < -0.39 is 24.9 Å². The summed E-state index contributed by atoms with van der Waals surface area (Å²) in [6.45, 7) is -5.32. The Morgan fingerprint density at radius 1 is 1.22 bits per heavy atom. The Balaban J connectivity index is 0.000000444. The van der Waals surface area contributed by atoms with Crippen LogP contribution >= 0.6 is 34.3 Å². The Labute approximate surface area is 153 Å². The van der Waals surface area contributed by atoms with Gasteiger partial charge >= 0.3 is 0 Å². The third-order valence-corrected chi connectivity index (χ3v) is 3.11. The molecule has 2 aromatic heterocycles. The fraction of sp³-hybridized carbons (Fsp3) is 0.167. The summed E-state index contributed by atoms with van der Waals surface area (Å²) < 4.78 is 39.0. The molecule has 11 heteroatoms. The van der Waals surface area contributed by atoms with Gasteiger partial charge in [0.2, 0.25) is 11.1 Å². The Bertz CT molecular complexity index is 852. The van der Waals surface area contributed by atoms with Crippen molar-refractivity contribution in [2.24, 2.45) is 0 Å². The summed E-state index contributed by atoms with van der Waals surface area (Å²) in [5.74, 6) is -1.11. The molecule has 0 saturated carbocycles. The van der Waals surface area contributed by atoms with Crippen LogP contribution in [0.15, 0.2) is 12.4 Å². The van der Waals surface area contributed by atoms with Crippen LogP contribution < -0.4 is 11.1 Å². The normalized spacial score (nSPS) is 13.6. The number of nitrogens with two attached hydrogens (primary N) is 1. The number of aldehydes is 2. The molecule has 2 heterocycles. The SMILES string of the molecule is Nc1ncc(C=O)s1.[2H]C([2H])([2H])C(=O)Cl.[2H]C([2H])([2H])C(=O)Nc1ncc(C=O)s1. The highest BCUT2D eigenvalue weighted by Crippen LogP contribution is 2.15.